The Labute approximate surface area is 114 Å². The van der Waals surface area contributed by atoms with E-state index in [1.165, 1.54) is 0 Å². The number of carbonyl (C=O) groups is 1. The van der Waals surface area contributed by atoms with Gasteiger partial charge in [-0.05, 0) is 24.3 Å². The largest absolute Gasteiger partial charge is 0.385 e. The van der Waals surface area contributed by atoms with Crippen molar-refractivity contribution in [1.29, 1.82) is 0 Å². The Hall–Kier alpha value is -1.56. The van der Waals surface area contributed by atoms with E-state index in [1.807, 2.05) is 0 Å². The van der Waals surface area contributed by atoms with Gasteiger partial charge in [0.1, 0.15) is 0 Å². The minimum atomic E-state index is -3.15. The lowest BCUT2D eigenvalue weighted by Crippen LogP contribution is -2.23. The summed E-state index contributed by atoms with van der Waals surface area (Å²) in [7, 11) is 0.281. The van der Waals surface area contributed by atoms with Crippen molar-refractivity contribution < 1.29 is 13.2 Å². The van der Waals surface area contributed by atoms with Crippen LogP contribution in [0, 0.1) is 0 Å². The molecule has 1 rings (SSSR count). The molecule has 0 aromatic heterocycles. The molecule has 0 saturated carbocycles. The maximum absolute atomic E-state index is 11.6. The fourth-order valence-corrected chi connectivity index (χ4v) is 2.37. The summed E-state index contributed by atoms with van der Waals surface area (Å²) >= 11 is 0. The normalized spacial score (nSPS) is 11.1. The van der Waals surface area contributed by atoms with Crippen LogP contribution in [0.3, 0.4) is 0 Å². The lowest BCUT2D eigenvalue weighted by molar-refractivity contribution is -0.128. The number of hydrogen-bond acceptors (Lipinski definition) is 4. The van der Waals surface area contributed by atoms with Crippen LogP contribution in [-0.4, -0.2) is 45.6 Å². The zero-order valence-corrected chi connectivity index (χ0v) is 12.3. The molecule has 1 amide bonds. The highest BCUT2D eigenvalue weighted by atomic mass is 32.2. The highest BCUT2D eigenvalue weighted by Crippen LogP contribution is 2.15. The molecule has 0 aliphatic rings. The zero-order chi connectivity index (χ0) is 14.5. The van der Waals surface area contributed by atoms with Gasteiger partial charge in [0.2, 0.25) is 5.91 Å². The second-order valence-electron chi connectivity index (χ2n) is 4.39. The molecule has 6 heteroatoms. The summed E-state index contributed by atoms with van der Waals surface area (Å²) in [6.07, 6.45) is 0.405. The van der Waals surface area contributed by atoms with Crippen molar-refractivity contribution in [2.45, 2.75) is 18.2 Å². The second kappa shape index (κ2) is 6.56. The van der Waals surface area contributed by atoms with Gasteiger partial charge < -0.3 is 10.2 Å². The maximum atomic E-state index is 11.6. The number of sulfone groups is 1. The van der Waals surface area contributed by atoms with Gasteiger partial charge in [0.25, 0.3) is 0 Å². The first kappa shape index (κ1) is 15.5. The molecule has 0 atom stereocenters. The van der Waals surface area contributed by atoms with Crippen molar-refractivity contribution >= 4 is 21.4 Å². The molecule has 0 heterocycles. The molecule has 0 radical (unpaired) electrons. The molecule has 0 unspecified atom stereocenters. The van der Waals surface area contributed by atoms with E-state index in [0.717, 1.165) is 5.69 Å². The molecule has 1 N–H and O–H groups in total. The molecule has 0 fully saturated rings. The van der Waals surface area contributed by atoms with E-state index in [9.17, 15) is 13.2 Å². The van der Waals surface area contributed by atoms with Crippen molar-refractivity contribution in [2.75, 3.05) is 31.7 Å². The molecule has 1 aromatic rings. The summed E-state index contributed by atoms with van der Waals surface area (Å²) in [5, 5.41) is 3.08. The van der Waals surface area contributed by atoms with Gasteiger partial charge in [-0.25, -0.2) is 8.42 Å². The Morgan fingerprint density at radius 3 is 2.26 bits per heavy atom. The Kier molecular flexibility index (Phi) is 5.35. The average molecular weight is 284 g/mol. The van der Waals surface area contributed by atoms with Crippen LogP contribution in [0.1, 0.15) is 13.3 Å². The third-order valence-corrected chi connectivity index (χ3v) is 4.51. The predicted molar refractivity (Wildman–Crippen MR) is 76.0 cm³/mol. The molecule has 5 nitrogen and oxygen atoms in total. The topological polar surface area (TPSA) is 66.5 Å². The number of benzene rings is 1. The van der Waals surface area contributed by atoms with Crippen molar-refractivity contribution in [1.82, 2.24) is 4.90 Å². The van der Waals surface area contributed by atoms with Gasteiger partial charge in [-0.2, -0.15) is 0 Å². The summed E-state index contributed by atoms with van der Waals surface area (Å²) in [6.45, 7) is 2.14. The molecule has 0 aliphatic heterocycles. The molecule has 0 saturated heterocycles. The summed E-state index contributed by atoms with van der Waals surface area (Å²) in [4.78, 5) is 13.2. The molecule has 0 aliphatic carbocycles. The molecule has 106 valence electrons. The van der Waals surface area contributed by atoms with Crippen LogP contribution in [0.2, 0.25) is 0 Å². The predicted octanol–water partition coefficient (Wildman–Crippen LogP) is 1.37. The molecule has 19 heavy (non-hydrogen) atoms. The second-order valence-corrected chi connectivity index (χ2v) is 6.67. The van der Waals surface area contributed by atoms with Gasteiger partial charge in [0.05, 0.1) is 10.6 Å². The first-order valence-electron chi connectivity index (χ1n) is 6.13. The Balaban J connectivity index is 2.56. The van der Waals surface area contributed by atoms with E-state index in [0.29, 0.717) is 17.9 Å². The summed E-state index contributed by atoms with van der Waals surface area (Å²) in [5.41, 5.74) is 0.807. The van der Waals surface area contributed by atoms with E-state index >= 15 is 0 Å². The van der Waals surface area contributed by atoms with Crippen LogP contribution in [-0.2, 0) is 14.6 Å². The van der Waals surface area contributed by atoms with Gasteiger partial charge in [-0.1, -0.05) is 6.92 Å². The Morgan fingerprint density at radius 2 is 1.79 bits per heavy atom. The number of amides is 1. The summed E-state index contributed by atoms with van der Waals surface area (Å²) < 4.78 is 23.2. The van der Waals surface area contributed by atoms with E-state index in [1.54, 1.807) is 50.2 Å². The van der Waals surface area contributed by atoms with Crippen LogP contribution in [0.4, 0.5) is 5.69 Å². The van der Waals surface area contributed by atoms with Crippen molar-refractivity contribution in [3.8, 4) is 0 Å². The van der Waals surface area contributed by atoms with Gasteiger partial charge in [-0.15, -0.1) is 0 Å². The third-order valence-electron chi connectivity index (χ3n) is 2.76. The van der Waals surface area contributed by atoms with Gasteiger partial charge in [0.15, 0.2) is 9.84 Å². The number of carbonyl (C=O) groups excluding carboxylic acids is 1. The number of hydrogen-bond donors (Lipinski definition) is 1. The van der Waals surface area contributed by atoms with Crippen LogP contribution < -0.4 is 5.32 Å². The van der Waals surface area contributed by atoms with Gasteiger partial charge in [0, 0.05) is 32.7 Å². The summed E-state index contributed by atoms with van der Waals surface area (Å²) in [6, 6.07) is 6.58. The molecule has 0 bridgehead atoms. The Bertz CT molecular complexity index is 521. The maximum Gasteiger partial charge on any atom is 0.223 e. The van der Waals surface area contributed by atoms with Crippen LogP contribution in [0.5, 0.6) is 0 Å². The first-order valence-corrected chi connectivity index (χ1v) is 7.79. The highest BCUT2D eigenvalue weighted by molar-refractivity contribution is 7.91. The lowest BCUT2D eigenvalue weighted by Gasteiger charge is -2.11. The highest BCUT2D eigenvalue weighted by Gasteiger charge is 2.10. The molecular formula is C13H20N2O3S. The quantitative estimate of drug-likeness (QED) is 0.857. The smallest absolute Gasteiger partial charge is 0.223 e. The molecule has 0 spiro atoms. The van der Waals surface area contributed by atoms with E-state index in [2.05, 4.69) is 5.32 Å². The van der Waals surface area contributed by atoms with Crippen molar-refractivity contribution in [3.63, 3.8) is 0 Å². The van der Waals surface area contributed by atoms with E-state index in [4.69, 9.17) is 0 Å². The minimum absolute atomic E-state index is 0.0534. The van der Waals surface area contributed by atoms with E-state index < -0.39 is 9.84 Å². The number of nitrogens with zero attached hydrogens (tertiary/aromatic N) is 1. The van der Waals surface area contributed by atoms with Gasteiger partial charge >= 0.3 is 0 Å². The van der Waals surface area contributed by atoms with Crippen LogP contribution in [0.15, 0.2) is 29.2 Å². The number of rotatable bonds is 6. The van der Waals surface area contributed by atoms with Gasteiger partial charge in [-0.3, -0.25) is 4.79 Å². The fourth-order valence-electron chi connectivity index (χ4n) is 1.48. The van der Waals surface area contributed by atoms with Crippen LogP contribution in [0.25, 0.3) is 0 Å². The van der Waals surface area contributed by atoms with E-state index in [-0.39, 0.29) is 11.7 Å². The van der Waals surface area contributed by atoms with Crippen LogP contribution >= 0.6 is 0 Å². The van der Waals surface area contributed by atoms with Crippen molar-refractivity contribution in [2.24, 2.45) is 0 Å². The number of anilines is 1. The zero-order valence-electron chi connectivity index (χ0n) is 11.5. The summed E-state index contributed by atoms with van der Waals surface area (Å²) in [5.74, 6) is 0.148. The standard InChI is InChI=1S/C13H20N2O3S/c1-4-19(17,18)12-7-5-11(6-8-12)14-10-9-13(16)15(2)3/h5-8,14H,4,9-10H2,1-3H3. The Morgan fingerprint density at radius 1 is 1.21 bits per heavy atom. The molecule has 1 aromatic carbocycles. The van der Waals surface area contributed by atoms with Crippen molar-refractivity contribution in [3.05, 3.63) is 24.3 Å². The lowest BCUT2D eigenvalue weighted by atomic mass is 10.3. The molecular weight excluding hydrogens is 264 g/mol. The number of nitrogens with one attached hydrogen (secondary N) is 1. The SMILES string of the molecule is CCS(=O)(=O)c1ccc(NCCC(=O)N(C)C)cc1. The fraction of sp³-hybridized carbons (Fsp3) is 0.462. The third kappa shape index (κ3) is 4.55. The minimum Gasteiger partial charge on any atom is -0.385 e. The average Bonchev–Trinajstić information content (AvgIpc) is 2.39. The monoisotopic (exact) mass is 284 g/mol. The first-order chi connectivity index (χ1) is 8.86.